The molecule has 0 amide bonds. The normalized spacial score (nSPS) is 10.5. The van der Waals surface area contributed by atoms with Crippen LogP contribution < -0.4 is 5.56 Å². The van der Waals surface area contributed by atoms with Crippen LogP contribution >= 0.6 is 0 Å². The van der Waals surface area contributed by atoms with Gasteiger partial charge >= 0.3 is 0 Å². The fraction of sp³-hybridized carbons (Fsp3) is 0.231. The molecule has 0 radical (unpaired) electrons. The van der Waals surface area contributed by atoms with Crippen LogP contribution in [0.15, 0.2) is 29.1 Å². The van der Waals surface area contributed by atoms with Crippen molar-refractivity contribution in [3.8, 4) is 17.0 Å². The van der Waals surface area contributed by atoms with Gasteiger partial charge in [-0.2, -0.15) is 4.98 Å². The maximum atomic E-state index is 11.9. The van der Waals surface area contributed by atoms with Crippen molar-refractivity contribution in [2.45, 2.75) is 20.3 Å². The second kappa shape index (κ2) is 4.41. The number of H-pyrrole nitrogens is 1. The first kappa shape index (κ1) is 11.4. The maximum absolute atomic E-state index is 11.9. The van der Waals surface area contributed by atoms with E-state index in [1.165, 1.54) is 0 Å². The molecule has 0 fully saturated rings. The highest BCUT2D eigenvalue weighted by molar-refractivity contribution is 5.67. The molecule has 0 bridgehead atoms. The largest absolute Gasteiger partial charge is 0.493 e. The number of rotatable bonds is 2. The third-order valence-corrected chi connectivity index (χ3v) is 2.59. The standard InChI is InChI=1S/C13H14N2O2/c1-3-10-14-12(16)11(13(17)15-10)9-6-4-5-8(2)7-9/h4-7H,3H2,1-2H3,(H2,14,15,16,17). The molecule has 1 heterocycles. The van der Waals surface area contributed by atoms with Gasteiger partial charge in [0.2, 0.25) is 5.88 Å². The molecule has 1 aromatic carbocycles. The van der Waals surface area contributed by atoms with E-state index in [9.17, 15) is 9.90 Å². The molecule has 0 spiro atoms. The molecule has 1 aromatic heterocycles. The fourth-order valence-electron chi connectivity index (χ4n) is 1.73. The lowest BCUT2D eigenvalue weighted by molar-refractivity contribution is 0.450. The summed E-state index contributed by atoms with van der Waals surface area (Å²) in [7, 11) is 0. The number of hydrogen-bond acceptors (Lipinski definition) is 3. The molecule has 0 aliphatic heterocycles. The Morgan fingerprint density at radius 3 is 2.76 bits per heavy atom. The molecule has 0 aliphatic carbocycles. The maximum Gasteiger partial charge on any atom is 0.262 e. The van der Waals surface area contributed by atoms with Gasteiger partial charge in [-0.3, -0.25) is 4.79 Å². The number of aromatic hydroxyl groups is 1. The van der Waals surface area contributed by atoms with Gasteiger partial charge in [-0.25, -0.2) is 0 Å². The molecule has 2 rings (SSSR count). The molecule has 17 heavy (non-hydrogen) atoms. The van der Waals surface area contributed by atoms with Gasteiger partial charge in [-0.15, -0.1) is 0 Å². The van der Waals surface area contributed by atoms with E-state index < -0.39 is 0 Å². The van der Waals surface area contributed by atoms with Gasteiger partial charge < -0.3 is 10.1 Å². The molecule has 2 aromatic rings. The highest BCUT2D eigenvalue weighted by Gasteiger charge is 2.12. The van der Waals surface area contributed by atoms with Crippen LogP contribution in [-0.2, 0) is 6.42 Å². The fourth-order valence-corrected chi connectivity index (χ4v) is 1.73. The average Bonchev–Trinajstić information content (AvgIpc) is 2.28. The first-order chi connectivity index (χ1) is 8.11. The number of benzene rings is 1. The summed E-state index contributed by atoms with van der Waals surface area (Å²) < 4.78 is 0. The molecule has 2 N–H and O–H groups in total. The lowest BCUT2D eigenvalue weighted by Crippen LogP contribution is -2.13. The number of hydrogen-bond donors (Lipinski definition) is 2. The van der Waals surface area contributed by atoms with Crippen LogP contribution in [0.25, 0.3) is 11.1 Å². The Bertz CT molecular complexity index is 603. The minimum atomic E-state index is -0.306. The topological polar surface area (TPSA) is 66.0 Å². The third kappa shape index (κ3) is 2.20. The molecular weight excluding hydrogens is 216 g/mol. The van der Waals surface area contributed by atoms with Gasteiger partial charge in [0.1, 0.15) is 11.4 Å². The Morgan fingerprint density at radius 1 is 1.41 bits per heavy atom. The summed E-state index contributed by atoms with van der Waals surface area (Å²) in [6.45, 7) is 3.80. The smallest absolute Gasteiger partial charge is 0.262 e. The molecule has 88 valence electrons. The molecule has 0 saturated carbocycles. The number of aryl methyl sites for hydroxylation is 2. The summed E-state index contributed by atoms with van der Waals surface area (Å²) in [5.74, 6) is 0.278. The monoisotopic (exact) mass is 230 g/mol. The van der Waals surface area contributed by atoms with Crippen LogP contribution in [0.1, 0.15) is 18.3 Å². The predicted molar refractivity (Wildman–Crippen MR) is 66.1 cm³/mol. The van der Waals surface area contributed by atoms with E-state index in [1.807, 2.05) is 32.0 Å². The van der Waals surface area contributed by atoms with E-state index in [2.05, 4.69) is 9.97 Å². The molecule has 4 heteroatoms. The third-order valence-electron chi connectivity index (χ3n) is 2.59. The van der Waals surface area contributed by atoms with E-state index in [4.69, 9.17) is 0 Å². The number of nitrogens with zero attached hydrogens (tertiary/aromatic N) is 1. The highest BCUT2D eigenvalue weighted by atomic mass is 16.3. The zero-order valence-electron chi connectivity index (χ0n) is 9.82. The van der Waals surface area contributed by atoms with Crippen molar-refractivity contribution in [2.24, 2.45) is 0 Å². The molecule has 0 unspecified atom stereocenters. The van der Waals surface area contributed by atoms with Crippen molar-refractivity contribution in [3.05, 3.63) is 46.0 Å². The number of aromatic nitrogens is 2. The van der Waals surface area contributed by atoms with Gasteiger partial charge in [-0.1, -0.05) is 36.8 Å². The van der Waals surface area contributed by atoms with Crippen LogP contribution in [0.2, 0.25) is 0 Å². The molecule has 0 atom stereocenters. The summed E-state index contributed by atoms with van der Waals surface area (Å²) in [5.41, 5.74) is 1.63. The quantitative estimate of drug-likeness (QED) is 0.829. The summed E-state index contributed by atoms with van der Waals surface area (Å²) in [5, 5.41) is 9.82. The lowest BCUT2D eigenvalue weighted by Gasteiger charge is -2.05. The van der Waals surface area contributed by atoms with E-state index in [0.29, 0.717) is 17.8 Å². The zero-order chi connectivity index (χ0) is 12.4. The van der Waals surface area contributed by atoms with Crippen molar-refractivity contribution >= 4 is 0 Å². The van der Waals surface area contributed by atoms with Crippen LogP contribution in [0.4, 0.5) is 0 Å². The van der Waals surface area contributed by atoms with E-state index in [0.717, 1.165) is 5.56 Å². The minimum Gasteiger partial charge on any atom is -0.493 e. The SMILES string of the molecule is CCc1nc(O)c(-c2cccc(C)c2)c(=O)[nH]1. The highest BCUT2D eigenvalue weighted by Crippen LogP contribution is 2.23. The van der Waals surface area contributed by atoms with Crippen molar-refractivity contribution in [1.29, 1.82) is 0 Å². The predicted octanol–water partition coefficient (Wildman–Crippen LogP) is 2.01. The van der Waals surface area contributed by atoms with Crippen LogP contribution in [0.5, 0.6) is 5.88 Å². The van der Waals surface area contributed by atoms with Crippen molar-refractivity contribution < 1.29 is 5.11 Å². The minimum absolute atomic E-state index is 0.212. The molecule has 0 saturated heterocycles. The van der Waals surface area contributed by atoms with Crippen molar-refractivity contribution in [3.63, 3.8) is 0 Å². The Hall–Kier alpha value is -2.10. The van der Waals surface area contributed by atoms with E-state index in [1.54, 1.807) is 6.07 Å². The molecular formula is C13H14N2O2. The van der Waals surface area contributed by atoms with Gasteiger partial charge in [0, 0.05) is 6.42 Å². The molecule has 0 aliphatic rings. The van der Waals surface area contributed by atoms with Crippen molar-refractivity contribution in [2.75, 3.05) is 0 Å². The average molecular weight is 230 g/mol. The number of nitrogens with one attached hydrogen (secondary N) is 1. The Balaban J connectivity index is 2.64. The first-order valence-electron chi connectivity index (χ1n) is 5.51. The van der Waals surface area contributed by atoms with Crippen molar-refractivity contribution in [1.82, 2.24) is 9.97 Å². The van der Waals surface area contributed by atoms with E-state index >= 15 is 0 Å². The lowest BCUT2D eigenvalue weighted by atomic mass is 10.1. The van der Waals surface area contributed by atoms with E-state index in [-0.39, 0.29) is 17.0 Å². The Kier molecular flexibility index (Phi) is 2.95. The molecule has 4 nitrogen and oxygen atoms in total. The Morgan fingerprint density at radius 2 is 2.18 bits per heavy atom. The summed E-state index contributed by atoms with van der Waals surface area (Å²) in [6.07, 6.45) is 0.580. The van der Waals surface area contributed by atoms with Gasteiger partial charge in [-0.05, 0) is 12.5 Å². The van der Waals surface area contributed by atoms with Gasteiger partial charge in [0.15, 0.2) is 0 Å². The number of aromatic amines is 1. The van der Waals surface area contributed by atoms with Gasteiger partial charge in [0.05, 0.1) is 0 Å². The second-order valence-electron chi connectivity index (χ2n) is 3.93. The summed E-state index contributed by atoms with van der Waals surface area (Å²) in [6, 6.07) is 7.40. The van der Waals surface area contributed by atoms with Gasteiger partial charge in [0.25, 0.3) is 5.56 Å². The van der Waals surface area contributed by atoms with Crippen LogP contribution in [0.3, 0.4) is 0 Å². The zero-order valence-corrected chi connectivity index (χ0v) is 9.82. The van der Waals surface area contributed by atoms with Crippen LogP contribution in [0, 0.1) is 6.92 Å². The second-order valence-corrected chi connectivity index (χ2v) is 3.93. The summed E-state index contributed by atoms with van der Waals surface area (Å²) >= 11 is 0. The van der Waals surface area contributed by atoms with Crippen LogP contribution in [-0.4, -0.2) is 15.1 Å². The first-order valence-corrected chi connectivity index (χ1v) is 5.51. The summed E-state index contributed by atoms with van der Waals surface area (Å²) in [4.78, 5) is 18.5. The Labute approximate surface area is 99.0 Å².